The van der Waals surface area contributed by atoms with Gasteiger partial charge >= 0.3 is 0 Å². The third-order valence-electron chi connectivity index (χ3n) is 4.31. The molecule has 2 aromatic heterocycles. The van der Waals surface area contributed by atoms with Crippen LogP contribution in [-0.2, 0) is 17.9 Å². The maximum Gasteiger partial charge on any atom is 0.290 e. The summed E-state index contributed by atoms with van der Waals surface area (Å²) in [6.07, 6.45) is 3.93. The number of rotatable bonds is 3. The molecule has 122 valence electrons. The van der Waals surface area contributed by atoms with Gasteiger partial charge in [-0.2, -0.15) is 0 Å². The van der Waals surface area contributed by atoms with Gasteiger partial charge in [-0.15, -0.1) is 0 Å². The zero-order valence-electron chi connectivity index (χ0n) is 13.4. The van der Waals surface area contributed by atoms with Crippen molar-refractivity contribution >= 4 is 11.8 Å². The second-order valence-corrected chi connectivity index (χ2v) is 6.01. The van der Waals surface area contributed by atoms with Gasteiger partial charge in [-0.1, -0.05) is 0 Å². The fourth-order valence-corrected chi connectivity index (χ4v) is 3.06. The first-order valence-electron chi connectivity index (χ1n) is 7.76. The minimum Gasteiger partial charge on any atom is -0.459 e. The van der Waals surface area contributed by atoms with E-state index in [-0.39, 0.29) is 17.7 Å². The number of amides is 2. The van der Waals surface area contributed by atoms with Crippen LogP contribution in [-0.4, -0.2) is 34.9 Å². The van der Waals surface area contributed by atoms with Gasteiger partial charge in [0.25, 0.3) is 5.91 Å². The average molecular weight is 315 g/mol. The molecule has 1 N–H and O–H groups in total. The topological polar surface area (TPSA) is 67.5 Å². The maximum absolute atomic E-state index is 12.8. The molecule has 0 radical (unpaired) electrons. The lowest BCUT2D eigenvalue weighted by Gasteiger charge is -2.23. The van der Waals surface area contributed by atoms with Gasteiger partial charge in [0.2, 0.25) is 5.91 Å². The average Bonchev–Trinajstić information content (AvgIpc) is 3.11. The second kappa shape index (κ2) is 6.32. The standard InChI is InChI=1S/C17H21N3O3/c1-12-5-7-23-16(12)17(22)20-10-13(8-15(21)18-2)9-19-6-3-4-14(19)11-20/h3-7,13H,8-11H2,1-2H3,(H,18,21)/t13-/m1/s1. The molecule has 0 aromatic carbocycles. The van der Waals surface area contributed by atoms with Crippen molar-refractivity contribution in [3.8, 4) is 0 Å². The minimum absolute atomic E-state index is 0.00724. The zero-order chi connectivity index (χ0) is 16.4. The molecule has 0 bridgehead atoms. The van der Waals surface area contributed by atoms with E-state index in [1.54, 1.807) is 18.0 Å². The Balaban J connectivity index is 1.86. The van der Waals surface area contributed by atoms with Crippen LogP contribution in [0.5, 0.6) is 0 Å². The summed E-state index contributed by atoms with van der Waals surface area (Å²) in [5.41, 5.74) is 1.90. The third kappa shape index (κ3) is 3.16. The van der Waals surface area contributed by atoms with E-state index in [0.29, 0.717) is 25.3 Å². The molecule has 2 aromatic rings. The lowest BCUT2D eigenvalue weighted by atomic mass is 10.0. The minimum atomic E-state index is -0.121. The van der Waals surface area contributed by atoms with Crippen LogP contribution in [0.3, 0.4) is 0 Å². The van der Waals surface area contributed by atoms with Crippen LogP contribution in [0.1, 0.15) is 28.2 Å². The third-order valence-corrected chi connectivity index (χ3v) is 4.31. The fourth-order valence-electron chi connectivity index (χ4n) is 3.06. The Hall–Kier alpha value is -2.50. The molecule has 0 aliphatic carbocycles. The van der Waals surface area contributed by atoms with Crippen molar-refractivity contribution in [2.75, 3.05) is 13.6 Å². The van der Waals surface area contributed by atoms with E-state index < -0.39 is 0 Å². The molecule has 1 atom stereocenters. The summed E-state index contributed by atoms with van der Waals surface area (Å²) in [6, 6.07) is 5.77. The van der Waals surface area contributed by atoms with E-state index >= 15 is 0 Å². The smallest absolute Gasteiger partial charge is 0.290 e. The fraction of sp³-hybridized carbons (Fsp3) is 0.412. The molecular weight excluding hydrogens is 294 g/mol. The number of hydrogen-bond donors (Lipinski definition) is 1. The van der Waals surface area contributed by atoms with E-state index in [1.807, 2.05) is 25.3 Å². The molecule has 2 amide bonds. The molecule has 1 aliphatic rings. The van der Waals surface area contributed by atoms with Crippen molar-refractivity contribution in [1.29, 1.82) is 0 Å². The number of carbonyl (C=O) groups excluding carboxylic acids is 2. The number of aryl methyl sites for hydroxylation is 1. The molecular formula is C17H21N3O3. The lowest BCUT2D eigenvalue weighted by Crippen LogP contribution is -2.35. The number of nitrogens with one attached hydrogen (secondary N) is 1. The van der Waals surface area contributed by atoms with E-state index in [9.17, 15) is 9.59 Å². The van der Waals surface area contributed by atoms with Crippen molar-refractivity contribution in [2.24, 2.45) is 5.92 Å². The van der Waals surface area contributed by atoms with E-state index in [0.717, 1.165) is 17.8 Å². The Morgan fingerprint density at radius 2 is 2.17 bits per heavy atom. The molecule has 1 aliphatic heterocycles. The van der Waals surface area contributed by atoms with Gasteiger partial charge in [-0.3, -0.25) is 9.59 Å². The first-order valence-corrected chi connectivity index (χ1v) is 7.76. The van der Waals surface area contributed by atoms with Crippen LogP contribution in [0.15, 0.2) is 35.1 Å². The summed E-state index contributed by atoms with van der Waals surface area (Å²) >= 11 is 0. The Bertz CT molecular complexity index is 716. The maximum atomic E-state index is 12.8. The van der Waals surface area contributed by atoms with E-state index in [1.165, 1.54) is 6.26 Å². The molecule has 0 spiro atoms. The first-order chi connectivity index (χ1) is 11.1. The Morgan fingerprint density at radius 1 is 1.35 bits per heavy atom. The highest BCUT2D eigenvalue weighted by Crippen LogP contribution is 2.22. The molecule has 6 nitrogen and oxygen atoms in total. The molecule has 0 unspecified atom stereocenters. The van der Waals surface area contributed by atoms with Crippen molar-refractivity contribution in [3.63, 3.8) is 0 Å². The van der Waals surface area contributed by atoms with Gasteiger partial charge in [0, 0.05) is 49.9 Å². The van der Waals surface area contributed by atoms with E-state index in [2.05, 4.69) is 9.88 Å². The van der Waals surface area contributed by atoms with Gasteiger partial charge in [0.05, 0.1) is 12.8 Å². The normalized spacial score (nSPS) is 17.5. The summed E-state index contributed by atoms with van der Waals surface area (Å²) < 4.78 is 7.47. The Morgan fingerprint density at radius 3 is 2.87 bits per heavy atom. The van der Waals surface area contributed by atoms with Gasteiger partial charge in [0.1, 0.15) is 0 Å². The van der Waals surface area contributed by atoms with Crippen LogP contribution in [0, 0.1) is 12.8 Å². The van der Waals surface area contributed by atoms with Crippen LogP contribution < -0.4 is 5.32 Å². The van der Waals surface area contributed by atoms with E-state index in [4.69, 9.17) is 4.42 Å². The molecule has 0 fully saturated rings. The van der Waals surface area contributed by atoms with Gasteiger partial charge < -0.3 is 19.2 Å². The van der Waals surface area contributed by atoms with Crippen molar-refractivity contribution in [2.45, 2.75) is 26.4 Å². The highest BCUT2D eigenvalue weighted by molar-refractivity contribution is 5.92. The quantitative estimate of drug-likeness (QED) is 0.939. The number of hydrogen-bond acceptors (Lipinski definition) is 3. The van der Waals surface area contributed by atoms with Crippen molar-refractivity contribution in [3.05, 3.63) is 47.7 Å². The second-order valence-electron chi connectivity index (χ2n) is 6.01. The molecule has 6 heteroatoms. The van der Waals surface area contributed by atoms with Gasteiger partial charge in [-0.05, 0) is 25.1 Å². The van der Waals surface area contributed by atoms with Gasteiger partial charge in [0.15, 0.2) is 5.76 Å². The van der Waals surface area contributed by atoms with Crippen LogP contribution in [0.2, 0.25) is 0 Å². The van der Waals surface area contributed by atoms with Crippen LogP contribution in [0.4, 0.5) is 0 Å². The highest BCUT2D eigenvalue weighted by Gasteiger charge is 2.28. The molecule has 3 rings (SSSR count). The summed E-state index contributed by atoms with van der Waals surface area (Å²) in [7, 11) is 1.63. The Labute approximate surface area is 135 Å². The predicted octanol–water partition coefficient (Wildman–Crippen LogP) is 1.80. The molecule has 0 saturated heterocycles. The summed E-state index contributed by atoms with van der Waals surface area (Å²) in [5.74, 6) is 0.322. The number of nitrogens with zero attached hydrogens (tertiary/aromatic N) is 2. The number of furan rings is 1. The largest absolute Gasteiger partial charge is 0.459 e. The zero-order valence-corrected chi connectivity index (χ0v) is 13.4. The number of fused-ring (bicyclic) bond motifs is 1. The highest BCUT2D eigenvalue weighted by atomic mass is 16.3. The monoisotopic (exact) mass is 315 g/mol. The number of carbonyl (C=O) groups is 2. The molecule has 23 heavy (non-hydrogen) atoms. The summed E-state index contributed by atoms with van der Waals surface area (Å²) in [6.45, 7) is 3.65. The van der Waals surface area contributed by atoms with Crippen molar-refractivity contribution < 1.29 is 14.0 Å². The van der Waals surface area contributed by atoms with Crippen LogP contribution in [0.25, 0.3) is 0 Å². The lowest BCUT2D eigenvalue weighted by molar-refractivity contribution is -0.121. The predicted molar refractivity (Wildman–Crippen MR) is 84.8 cm³/mol. The molecule has 0 saturated carbocycles. The Kier molecular flexibility index (Phi) is 4.23. The van der Waals surface area contributed by atoms with Crippen LogP contribution >= 0.6 is 0 Å². The SMILES string of the molecule is CNC(=O)C[C@H]1CN(C(=O)c2occc2C)Cc2cccn2C1. The summed E-state index contributed by atoms with van der Waals surface area (Å²) in [4.78, 5) is 26.3. The first kappa shape index (κ1) is 15.4. The number of aromatic nitrogens is 1. The van der Waals surface area contributed by atoms with Gasteiger partial charge in [-0.25, -0.2) is 0 Å². The molecule has 3 heterocycles. The summed E-state index contributed by atoms with van der Waals surface area (Å²) in [5, 5.41) is 2.66. The van der Waals surface area contributed by atoms with Crippen molar-refractivity contribution in [1.82, 2.24) is 14.8 Å².